The normalized spacial score (nSPS) is 12.4. The molecule has 6 heteroatoms. The van der Waals surface area contributed by atoms with E-state index in [-0.39, 0.29) is 11.8 Å². The highest BCUT2D eigenvalue weighted by atomic mass is 16.4. The third-order valence-electron chi connectivity index (χ3n) is 4.19. The Morgan fingerprint density at radius 1 is 1.15 bits per heavy atom. The number of amides is 1. The second-order valence-corrected chi connectivity index (χ2v) is 7.34. The number of carbonyl (C=O) groups excluding carboxylic acids is 1. The fourth-order valence-electron chi connectivity index (χ4n) is 2.91. The van der Waals surface area contributed by atoms with E-state index in [1.807, 2.05) is 58.9 Å². The van der Waals surface area contributed by atoms with E-state index in [1.54, 1.807) is 4.68 Å². The van der Waals surface area contributed by atoms with Crippen molar-refractivity contribution in [1.29, 1.82) is 0 Å². The fourth-order valence-corrected chi connectivity index (χ4v) is 2.91. The van der Waals surface area contributed by atoms with Crippen molar-refractivity contribution in [3.05, 3.63) is 47.3 Å². The SMILES string of the molecule is Cc1ccc(-n2ncc(C(=O)N[C@H](CC(C)C)C(=O)O)c2C(C)C)cc1. The molecule has 6 nitrogen and oxygen atoms in total. The number of aromatic nitrogens is 2. The summed E-state index contributed by atoms with van der Waals surface area (Å²) >= 11 is 0. The Kier molecular flexibility index (Phi) is 6.18. The zero-order chi connectivity index (χ0) is 19.4. The molecule has 0 fully saturated rings. The summed E-state index contributed by atoms with van der Waals surface area (Å²) in [7, 11) is 0. The van der Waals surface area contributed by atoms with Gasteiger partial charge in [0, 0.05) is 0 Å². The maximum Gasteiger partial charge on any atom is 0.326 e. The number of carboxylic acid groups (broad SMARTS) is 1. The van der Waals surface area contributed by atoms with E-state index in [2.05, 4.69) is 10.4 Å². The van der Waals surface area contributed by atoms with E-state index < -0.39 is 17.9 Å². The van der Waals surface area contributed by atoms with Gasteiger partial charge in [0.15, 0.2) is 0 Å². The smallest absolute Gasteiger partial charge is 0.326 e. The third-order valence-corrected chi connectivity index (χ3v) is 4.19. The summed E-state index contributed by atoms with van der Waals surface area (Å²) < 4.78 is 1.75. The first kappa shape index (κ1) is 19.7. The van der Waals surface area contributed by atoms with Gasteiger partial charge >= 0.3 is 5.97 Å². The number of hydrogen-bond donors (Lipinski definition) is 2. The molecule has 0 aliphatic heterocycles. The van der Waals surface area contributed by atoms with Crippen molar-refractivity contribution >= 4 is 11.9 Å². The molecule has 0 saturated heterocycles. The van der Waals surface area contributed by atoms with Gasteiger partial charge < -0.3 is 10.4 Å². The van der Waals surface area contributed by atoms with E-state index in [9.17, 15) is 14.7 Å². The van der Waals surface area contributed by atoms with Gasteiger partial charge in [-0.15, -0.1) is 0 Å². The van der Waals surface area contributed by atoms with Gasteiger partial charge in [-0.05, 0) is 37.3 Å². The maximum atomic E-state index is 12.7. The van der Waals surface area contributed by atoms with Crippen molar-refractivity contribution in [2.45, 2.75) is 53.0 Å². The average molecular weight is 357 g/mol. The minimum atomic E-state index is -1.02. The molecule has 1 atom stereocenters. The Morgan fingerprint density at radius 3 is 2.27 bits per heavy atom. The van der Waals surface area contributed by atoms with Crippen LogP contribution in [0.2, 0.25) is 0 Å². The van der Waals surface area contributed by atoms with E-state index >= 15 is 0 Å². The maximum absolute atomic E-state index is 12.7. The zero-order valence-electron chi connectivity index (χ0n) is 16.0. The number of rotatable bonds is 7. The monoisotopic (exact) mass is 357 g/mol. The quantitative estimate of drug-likeness (QED) is 0.794. The van der Waals surface area contributed by atoms with Crippen LogP contribution in [0.15, 0.2) is 30.5 Å². The Morgan fingerprint density at radius 2 is 1.77 bits per heavy atom. The van der Waals surface area contributed by atoms with Gasteiger partial charge in [-0.1, -0.05) is 45.4 Å². The summed E-state index contributed by atoms with van der Waals surface area (Å²) in [6, 6.07) is 6.97. The molecule has 1 aromatic heterocycles. The van der Waals surface area contributed by atoms with Gasteiger partial charge in [0.25, 0.3) is 5.91 Å². The highest BCUT2D eigenvalue weighted by Gasteiger charge is 2.26. The lowest BCUT2D eigenvalue weighted by Crippen LogP contribution is -2.41. The molecule has 1 heterocycles. The summed E-state index contributed by atoms with van der Waals surface area (Å²) in [4.78, 5) is 24.2. The first-order chi connectivity index (χ1) is 12.2. The lowest BCUT2D eigenvalue weighted by Gasteiger charge is -2.17. The standard InChI is InChI=1S/C20H27N3O3/c1-12(2)10-17(20(25)26)22-19(24)16-11-21-23(18(16)13(3)4)15-8-6-14(5)7-9-15/h6-9,11-13,17H,10H2,1-5H3,(H,22,24)(H,25,26)/t17-/m1/s1. The van der Waals surface area contributed by atoms with E-state index in [4.69, 9.17) is 0 Å². The predicted molar refractivity (Wildman–Crippen MR) is 101 cm³/mol. The first-order valence-corrected chi connectivity index (χ1v) is 8.89. The number of nitrogens with zero attached hydrogens (tertiary/aromatic N) is 2. The van der Waals surface area contributed by atoms with Crippen LogP contribution in [0.1, 0.15) is 61.6 Å². The van der Waals surface area contributed by atoms with Crippen molar-refractivity contribution in [1.82, 2.24) is 15.1 Å². The lowest BCUT2D eigenvalue weighted by molar-refractivity contribution is -0.139. The summed E-state index contributed by atoms with van der Waals surface area (Å²) in [5.41, 5.74) is 3.19. The van der Waals surface area contributed by atoms with Gasteiger partial charge in [0.2, 0.25) is 0 Å². The van der Waals surface area contributed by atoms with Crippen LogP contribution >= 0.6 is 0 Å². The fraction of sp³-hybridized carbons (Fsp3) is 0.450. The summed E-state index contributed by atoms with van der Waals surface area (Å²) in [5.74, 6) is -1.21. The Hall–Kier alpha value is -2.63. The molecule has 2 N–H and O–H groups in total. The summed E-state index contributed by atoms with van der Waals surface area (Å²) in [6.45, 7) is 9.84. The minimum Gasteiger partial charge on any atom is -0.480 e. The molecule has 0 spiro atoms. The van der Waals surface area contributed by atoms with Crippen LogP contribution in [0.4, 0.5) is 0 Å². The molecule has 1 aromatic carbocycles. The molecule has 0 aliphatic carbocycles. The number of aryl methyl sites for hydroxylation is 1. The van der Waals surface area contributed by atoms with Crippen LogP contribution in [0.5, 0.6) is 0 Å². The van der Waals surface area contributed by atoms with Gasteiger partial charge in [-0.25, -0.2) is 9.48 Å². The lowest BCUT2D eigenvalue weighted by atomic mass is 10.0. The van der Waals surface area contributed by atoms with Crippen LogP contribution in [-0.2, 0) is 4.79 Å². The Labute approximate surface area is 154 Å². The number of carbonyl (C=O) groups is 2. The van der Waals surface area contributed by atoms with Crippen molar-refractivity contribution in [2.75, 3.05) is 0 Å². The highest BCUT2D eigenvalue weighted by Crippen LogP contribution is 2.23. The van der Waals surface area contributed by atoms with Crippen LogP contribution in [0, 0.1) is 12.8 Å². The largest absolute Gasteiger partial charge is 0.480 e. The summed E-state index contributed by atoms with van der Waals surface area (Å²) in [5, 5.41) is 16.4. The topological polar surface area (TPSA) is 84.2 Å². The van der Waals surface area contributed by atoms with Crippen LogP contribution < -0.4 is 5.32 Å². The van der Waals surface area contributed by atoms with E-state index in [1.165, 1.54) is 6.20 Å². The van der Waals surface area contributed by atoms with E-state index in [0.717, 1.165) is 16.9 Å². The van der Waals surface area contributed by atoms with Gasteiger partial charge in [-0.2, -0.15) is 5.10 Å². The van der Waals surface area contributed by atoms with Gasteiger partial charge in [0.05, 0.1) is 23.1 Å². The second-order valence-electron chi connectivity index (χ2n) is 7.34. The molecule has 2 rings (SSSR count). The molecule has 26 heavy (non-hydrogen) atoms. The molecule has 1 amide bonds. The van der Waals surface area contributed by atoms with Crippen molar-refractivity contribution in [3.8, 4) is 5.69 Å². The number of nitrogens with one attached hydrogen (secondary N) is 1. The molecular weight excluding hydrogens is 330 g/mol. The molecule has 0 bridgehead atoms. The molecule has 2 aromatic rings. The molecule has 0 unspecified atom stereocenters. The van der Waals surface area contributed by atoms with Crippen LogP contribution in [0.3, 0.4) is 0 Å². The molecule has 0 aliphatic rings. The first-order valence-electron chi connectivity index (χ1n) is 8.89. The number of aliphatic carboxylic acids is 1. The van der Waals surface area contributed by atoms with Crippen LogP contribution in [0.25, 0.3) is 5.69 Å². The van der Waals surface area contributed by atoms with Crippen molar-refractivity contribution in [3.63, 3.8) is 0 Å². The van der Waals surface area contributed by atoms with Crippen molar-refractivity contribution < 1.29 is 14.7 Å². The predicted octanol–water partition coefficient (Wildman–Crippen LogP) is 3.53. The van der Waals surface area contributed by atoms with Gasteiger partial charge in [0.1, 0.15) is 6.04 Å². The molecule has 0 saturated carbocycles. The summed E-state index contributed by atoms with van der Waals surface area (Å²) in [6.07, 6.45) is 1.89. The molecule has 0 radical (unpaired) electrons. The highest BCUT2D eigenvalue weighted by molar-refractivity contribution is 5.97. The third kappa shape index (κ3) is 4.50. The zero-order valence-corrected chi connectivity index (χ0v) is 16.0. The Bertz CT molecular complexity index is 776. The second kappa shape index (κ2) is 8.17. The Balaban J connectivity index is 2.35. The number of benzene rings is 1. The molecular formula is C20H27N3O3. The van der Waals surface area contributed by atoms with E-state index in [0.29, 0.717) is 12.0 Å². The number of carboxylic acids is 1. The molecule has 140 valence electrons. The van der Waals surface area contributed by atoms with Gasteiger partial charge in [-0.3, -0.25) is 4.79 Å². The van der Waals surface area contributed by atoms with Crippen molar-refractivity contribution in [2.24, 2.45) is 5.92 Å². The minimum absolute atomic E-state index is 0.0490. The van der Waals surface area contributed by atoms with Crippen LogP contribution in [-0.4, -0.2) is 32.8 Å². The number of hydrogen-bond acceptors (Lipinski definition) is 3. The average Bonchev–Trinajstić information content (AvgIpc) is 2.99.